The van der Waals surface area contributed by atoms with Crippen LogP contribution in [0.15, 0.2) is 34.9 Å². The molecular weight excluding hydrogens is 338 g/mol. The lowest BCUT2D eigenvalue weighted by molar-refractivity contribution is 0.346. The summed E-state index contributed by atoms with van der Waals surface area (Å²) in [4.78, 5) is 36.3. The van der Waals surface area contributed by atoms with Crippen LogP contribution in [0, 0.1) is 0 Å². The van der Waals surface area contributed by atoms with Gasteiger partial charge in [0.05, 0.1) is 0 Å². The van der Waals surface area contributed by atoms with Gasteiger partial charge in [-0.1, -0.05) is 34.9 Å². The van der Waals surface area contributed by atoms with Crippen molar-refractivity contribution in [1.29, 1.82) is 0 Å². The van der Waals surface area contributed by atoms with Crippen LogP contribution in [-0.2, 0) is 9.13 Å². The summed E-state index contributed by atoms with van der Waals surface area (Å²) in [6.07, 6.45) is 8.29. The SMILES string of the molecule is CC(C)=CCCC(C)=CCCC(C)=CC(P(=O)(O)O)P(=O)(O)O. The summed E-state index contributed by atoms with van der Waals surface area (Å²) in [6.45, 7) is 7.73. The molecule has 0 saturated heterocycles. The molecule has 0 fully saturated rings. The van der Waals surface area contributed by atoms with E-state index < -0.39 is 20.6 Å². The highest BCUT2D eigenvalue weighted by Gasteiger charge is 2.41. The normalized spacial score (nSPS) is 14.3. The van der Waals surface area contributed by atoms with Crippen LogP contribution in [0.4, 0.5) is 0 Å². The first kappa shape index (κ1) is 22.5. The Labute approximate surface area is 138 Å². The summed E-state index contributed by atoms with van der Waals surface area (Å²) in [5.74, 6) is 0. The van der Waals surface area contributed by atoms with E-state index in [9.17, 15) is 9.13 Å². The first-order chi connectivity index (χ1) is 10.3. The molecule has 0 aliphatic rings. The van der Waals surface area contributed by atoms with Crippen LogP contribution in [0.5, 0.6) is 0 Å². The molecule has 0 aromatic rings. The number of rotatable bonds is 9. The zero-order valence-corrected chi connectivity index (χ0v) is 15.9. The van der Waals surface area contributed by atoms with E-state index in [4.69, 9.17) is 19.6 Å². The molecule has 0 bridgehead atoms. The summed E-state index contributed by atoms with van der Waals surface area (Å²) in [5, 5.41) is -2.06. The molecule has 8 heteroatoms. The van der Waals surface area contributed by atoms with Crippen LogP contribution in [0.2, 0.25) is 0 Å². The van der Waals surface area contributed by atoms with Gasteiger partial charge < -0.3 is 19.6 Å². The quantitative estimate of drug-likeness (QED) is 0.361. The molecule has 0 aliphatic carbocycles. The van der Waals surface area contributed by atoms with Crippen molar-refractivity contribution in [1.82, 2.24) is 0 Å². The highest BCUT2D eigenvalue weighted by Crippen LogP contribution is 2.60. The first-order valence-corrected chi connectivity index (χ1v) is 10.8. The van der Waals surface area contributed by atoms with E-state index in [-0.39, 0.29) is 0 Å². The van der Waals surface area contributed by atoms with E-state index in [1.54, 1.807) is 6.92 Å². The van der Waals surface area contributed by atoms with Crippen molar-refractivity contribution in [3.05, 3.63) is 34.9 Å². The molecule has 6 nitrogen and oxygen atoms in total. The lowest BCUT2D eigenvalue weighted by Crippen LogP contribution is -2.06. The van der Waals surface area contributed by atoms with Gasteiger partial charge in [0.15, 0.2) is 5.40 Å². The molecule has 0 spiro atoms. The second kappa shape index (κ2) is 9.73. The summed E-state index contributed by atoms with van der Waals surface area (Å²) in [6, 6.07) is 0. The molecular formula is C15H28O6P2. The average molecular weight is 366 g/mol. The number of hydrogen-bond donors (Lipinski definition) is 4. The maximum atomic E-state index is 11.2. The van der Waals surface area contributed by atoms with Gasteiger partial charge in [-0.3, -0.25) is 9.13 Å². The van der Waals surface area contributed by atoms with Crippen LogP contribution in [0.1, 0.15) is 53.4 Å². The number of allylic oxidation sites excluding steroid dienone is 6. The molecule has 0 heterocycles. The van der Waals surface area contributed by atoms with Crippen LogP contribution in [0.25, 0.3) is 0 Å². The molecule has 0 amide bonds. The average Bonchev–Trinajstić information content (AvgIpc) is 2.32. The van der Waals surface area contributed by atoms with Crippen LogP contribution < -0.4 is 0 Å². The Morgan fingerprint density at radius 3 is 1.70 bits per heavy atom. The van der Waals surface area contributed by atoms with Gasteiger partial charge in [-0.05, 0) is 53.4 Å². The monoisotopic (exact) mass is 366 g/mol. The van der Waals surface area contributed by atoms with E-state index in [2.05, 4.69) is 6.08 Å². The lowest BCUT2D eigenvalue weighted by Gasteiger charge is -2.17. The molecule has 0 aromatic heterocycles. The van der Waals surface area contributed by atoms with Crippen molar-refractivity contribution in [3.8, 4) is 0 Å². The Morgan fingerprint density at radius 1 is 0.826 bits per heavy atom. The lowest BCUT2D eigenvalue weighted by atomic mass is 10.1. The van der Waals surface area contributed by atoms with Gasteiger partial charge in [0.2, 0.25) is 0 Å². The predicted molar refractivity (Wildman–Crippen MR) is 93.3 cm³/mol. The molecule has 0 aliphatic heterocycles. The molecule has 0 radical (unpaired) electrons. The highest BCUT2D eigenvalue weighted by atomic mass is 31.2. The fourth-order valence-electron chi connectivity index (χ4n) is 1.96. The molecule has 0 atom stereocenters. The van der Waals surface area contributed by atoms with E-state index in [1.165, 1.54) is 11.1 Å². The minimum Gasteiger partial charge on any atom is -0.324 e. The fraction of sp³-hybridized carbons (Fsp3) is 0.600. The summed E-state index contributed by atoms with van der Waals surface area (Å²) in [5.41, 5.74) is 3.05. The van der Waals surface area contributed by atoms with E-state index in [0.717, 1.165) is 18.9 Å². The van der Waals surface area contributed by atoms with Crippen molar-refractivity contribution in [3.63, 3.8) is 0 Å². The van der Waals surface area contributed by atoms with Gasteiger partial charge in [0.25, 0.3) is 0 Å². The minimum atomic E-state index is -4.89. The summed E-state index contributed by atoms with van der Waals surface area (Å²) < 4.78 is 22.4. The van der Waals surface area contributed by atoms with Crippen LogP contribution in [0.3, 0.4) is 0 Å². The van der Waals surface area contributed by atoms with E-state index in [0.29, 0.717) is 18.4 Å². The second-order valence-corrected chi connectivity index (χ2v) is 9.89. The summed E-state index contributed by atoms with van der Waals surface area (Å²) in [7, 11) is -9.78. The topological polar surface area (TPSA) is 115 Å². The minimum absolute atomic E-state index is 0.497. The Bertz CT molecular complexity index is 539. The van der Waals surface area contributed by atoms with Crippen molar-refractivity contribution in [2.45, 2.75) is 58.8 Å². The third-order valence-electron chi connectivity index (χ3n) is 3.25. The fourth-order valence-corrected chi connectivity index (χ4v) is 4.43. The molecule has 23 heavy (non-hydrogen) atoms. The van der Waals surface area contributed by atoms with Gasteiger partial charge in [0, 0.05) is 0 Å². The van der Waals surface area contributed by atoms with Crippen molar-refractivity contribution < 1.29 is 28.7 Å². The standard InChI is InChI=1S/C15H28O6P2/c1-12(2)7-5-8-13(3)9-6-10-14(4)11-15(22(16,17)18)23(19,20)21/h7,9,11,15H,5-6,8,10H2,1-4H3,(H2,16,17,18)(H2,19,20,21). The van der Waals surface area contributed by atoms with Gasteiger partial charge >= 0.3 is 15.2 Å². The molecule has 0 unspecified atom stereocenters. The van der Waals surface area contributed by atoms with Gasteiger partial charge in [-0.15, -0.1) is 0 Å². The zero-order chi connectivity index (χ0) is 18.3. The Hall–Kier alpha value is -0.480. The van der Waals surface area contributed by atoms with Gasteiger partial charge in [-0.2, -0.15) is 0 Å². The molecule has 4 N–H and O–H groups in total. The molecule has 0 saturated carbocycles. The van der Waals surface area contributed by atoms with E-state index in [1.807, 2.05) is 26.8 Å². The maximum absolute atomic E-state index is 11.2. The third-order valence-corrected chi connectivity index (χ3v) is 6.73. The van der Waals surface area contributed by atoms with Crippen LogP contribution >= 0.6 is 15.2 Å². The van der Waals surface area contributed by atoms with Crippen LogP contribution in [-0.4, -0.2) is 25.0 Å². The van der Waals surface area contributed by atoms with Crippen molar-refractivity contribution in [2.24, 2.45) is 0 Å². The number of hydrogen-bond acceptors (Lipinski definition) is 2. The van der Waals surface area contributed by atoms with Gasteiger partial charge in [-0.25, -0.2) is 0 Å². The molecule has 134 valence electrons. The Morgan fingerprint density at radius 2 is 1.26 bits per heavy atom. The van der Waals surface area contributed by atoms with Crippen molar-refractivity contribution >= 4 is 15.2 Å². The van der Waals surface area contributed by atoms with Crippen molar-refractivity contribution in [2.75, 3.05) is 0 Å². The maximum Gasteiger partial charge on any atom is 0.344 e. The smallest absolute Gasteiger partial charge is 0.324 e. The zero-order valence-electron chi connectivity index (χ0n) is 14.1. The molecule has 0 aromatic carbocycles. The highest BCUT2D eigenvalue weighted by molar-refractivity contribution is 7.71. The Balaban J connectivity index is 4.69. The third kappa shape index (κ3) is 10.8. The van der Waals surface area contributed by atoms with Gasteiger partial charge in [0.1, 0.15) is 0 Å². The Kier molecular flexibility index (Phi) is 9.53. The second-order valence-electron chi connectivity index (χ2n) is 6.01. The first-order valence-electron chi connectivity index (χ1n) is 7.40. The predicted octanol–water partition coefficient (Wildman–Crippen LogP) is 4.09. The molecule has 0 rings (SSSR count). The largest absolute Gasteiger partial charge is 0.344 e. The summed E-state index contributed by atoms with van der Waals surface area (Å²) >= 11 is 0. The van der Waals surface area contributed by atoms with E-state index >= 15 is 0 Å².